The van der Waals surface area contributed by atoms with E-state index >= 15 is 0 Å². The van der Waals surface area contributed by atoms with E-state index in [-0.39, 0.29) is 18.1 Å². The molecule has 0 radical (unpaired) electrons. The van der Waals surface area contributed by atoms with Crippen LogP contribution in [-0.4, -0.2) is 41.7 Å². The van der Waals surface area contributed by atoms with Crippen LogP contribution < -0.4 is 10.3 Å². The van der Waals surface area contributed by atoms with Crippen molar-refractivity contribution in [2.45, 2.75) is 32.9 Å². The summed E-state index contributed by atoms with van der Waals surface area (Å²) < 4.78 is 17.7. The normalized spacial score (nSPS) is 12.0. The van der Waals surface area contributed by atoms with E-state index in [9.17, 15) is 9.59 Å². The third-order valence-electron chi connectivity index (χ3n) is 4.65. The van der Waals surface area contributed by atoms with Gasteiger partial charge < -0.3 is 14.2 Å². The minimum atomic E-state index is -0.627. The van der Waals surface area contributed by atoms with Crippen molar-refractivity contribution in [3.8, 4) is 5.75 Å². The summed E-state index contributed by atoms with van der Waals surface area (Å²) in [5.41, 5.74) is 0.749. The third kappa shape index (κ3) is 6.06. The summed E-state index contributed by atoms with van der Waals surface area (Å²) in [6.07, 6.45) is 1.42. The first-order valence-corrected chi connectivity index (χ1v) is 10.5. The number of halogens is 1. The molecule has 3 rings (SSSR count). The summed E-state index contributed by atoms with van der Waals surface area (Å²) in [5, 5.41) is 6.02. The Morgan fingerprint density at radius 1 is 1.13 bits per heavy atom. The molecule has 0 N–H and O–H groups in total. The highest BCUT2D eigenvalue weighted by molar-refractivity contribution is 6.31. The number of carbonyl (C=O) groups is 1. The van der Waals surface area contributed by atoms with Gasteiger partial charge in [0.15, 0.2) is 6.10 Å². The van der Waals surface area contributed by atoms with Crippen LogP contribution in [0.4, 0.5) is 0 Å². The number of nitrogens with zero attached hydrogens (tertiary/aromatic N) is 2. The molecule has 7 nitrogen and oxygen atoms in total. The highest BCUT2D eigenvalue weighted by atomic mass is 35.5. The fourth-order valence-electron chi connectivity index (χ4n) is 3.15. The Bertz CT molecular complexity index is 1080. The highest BCUT2D eigenvalue weighted by Gasteiger charge is 2.20. The molecule has 1 unspecified atom stereocenters. The Hall–Kier alpha value is -2.90. The Kier molecular flexibility index (Phi) is 8.03. The van der Waals surface area contributed by atoms with E-state index in [0.29, 0.717) is 47.7 Å². The molecule has 0 aliphatic rings. The van der Waals surface area contributed by atoms with Crippen molar-refractivity contribution in [3.63, 3.8) is 0 Å². The number of aromatic nitrogens is 2. The van der Waals surface area contributed by atoms with Crippen molar-refractivity contribution in [2.75, 3.05) is 19.8 Å². The number of hydrogen-bond acceptors (Lipinski definition) is 6. The van der Waals surface area contributed by atoms with E-state index in [0.717, 1.165) is 5.56 Å². The number of fused-ring (bicyclic) bond motifs is 1. The van der Waals surface area contributed by atoms with Crippen LogP contribution >= 0.6 is 11.6 Å². The summed E-state index contributed by atoms with van der Waals surface area (Å²) in [6, 6.07) is 12.5. The number of carbonyl (C=O) groups excluding carboxylic acids is 1. The average Bonchev–Trinajstić information content (AvgIpc) is 2.76. The van der Waals surface area contributed by atoms with Gasteiger partial charge in [0.1, 0.15) is 12.4 Å². The van der Waals surface area contributed by atoms with Gasteiger partial charge in [-0.2, -0.15) is 5.10 Å². The number of rotatable bonds is 10. The standard InChI is InChI=1S/C23H25ClN2O5/c1-3-29-21(23(28)30-4-2)13-16-5-8-19(9-6-16)31-12-11-26-22(27)20-10-7-18(24)14-17(20)15-25-26/h5-10,14-15,21H,3-4,11-13H2,1-2H3. The predicted molar refractivity (Wildman–Crippen MR) is 119 cm³/mol. The van der Waals surface area contributed by atoms with E-state index in [1.165, 1.54) is 4.68 Å². The molecule has 0 aliphatic heterocycles. The number of benzene rings is 2. The first-order chi connectivity index (χ1) is 15.0. The van der Waals surface area contributed by atoms with E-state index in [2.05, 4.69) is 5.10 Å². The molecule has 164 valence electrons. The van der Waals surface area contributed by atoms with Crippen molar-refractivity contribution < 1.29 is 19.0 Å². The van der Waals surface area contributed by atoms with Crippen LogP contribution in [-0.2, 0) is 27.2 Å². The van der Waals surface area contributed by atoms with Crippen LogP contribution in [0.15, 0.2) is 53.5 Å². The third-order valence-corrected chi connectivity index (χ3v) is 4.88. The summed E-state index contributed by atoms with van der Waals surface area (Å²) in [6.45, 7) is 4.96. The van der Waals surface area contributed by atoms with Crippen molar-refractivity contribution >= 4 is 28.3 Å². The lowest BCUT2D eigenvalue weighted by Crippen LogP contribution is -2.29. The van der Waals surface area contributed by atoms with Gasteiger partial charge in [-0.25, -0.2) is 9.48 Å². The first kappa shape index (κ1) is 22.8. The topological polar surface area (TPSA) is 79.7 Å². The van der Waals surface area contributed by atoms with Gasteiger partial charge in [0.25, 0.3) is 5.56 Å². The fourth-order valence-corrected chi connectivity index (χ4v) is 3.33. The van der Waals surface area contributed by atoms with E-state index in [1.54, 1.807) is 31.3 Å². The van der Waals surface area contributed by atoms with Gasteiger partial charge in [0.05, 0.1) is 24.7 Å². The summed E-state index contributed by atoms with van der Waals surface area (Å²) in [5.74, 6) is 0.300. The highest BCUT2D eigenvalue weighted by Crippen LogP contribution is 2.16. The molecule has 0 amide bonds. The Balaban J connectivity index is 1.57. The lowest BCUT2D eigenvalue weighted by atomic mass is 10.1. The second-order valence-electron chi connectivity index (χ2n) is 6.80. The molecular formula is C23H25ClN2O5. The maximum Gasteiger partial charge on any atom is 0.335 e. The van der Waals surface area contributed by atoms with Crippen LogP contribution in [0.1, 0.15) is 19.4 Å². The van der Waals surface area contributed by atoms with E-state index in [1.807, 2.05) is 31.2 Å². The molecule has 3 aromatic rings. The molecule has 0 aliphatic carbocycles. The molecule has 1 heterocycles. The zero-order valence-electron chi connectivity index (χ0n) is 17.5. The van der Waals surface area contributed by atoms with Crippen LogP contribution in [0.5, 0.6) is 5.75 Å². The van der Waals surface area contributed by atoms with Crippen LogP contribution in [0.25, 0.3) is 10.8 Å². The quantitative estimate of drug-likeness (QED) is 0.444. The van der Waals surface area contributed by atoms with Crippen molar-refractivity contribution in [2.24, 2.45) is 0 Å². The zero-order chi connectivity index (χ0) is 22.2. The molecule has 31 heavy (non-hydrogen) atoms. The van der Waals surface area contributed by atoms with Crippen LogP contribution in [0.3, 0.4) is 0 Å². The molecule has 8 heteroatoms. The second kappa shape index (κ2) is 10.9. The molecule has 1 aromatic heterocycles. The summed E-state index contributed by atoms with van der Waals surface area (Å²) in [7, 11) is 0. The van der Waals surface area contributed by atoms with Gasteiger partial charge in [-0.1, -0.05) is 23.7 Å². The minimum Gasteiger partial charge on any atom is -0.492 e. The molecule has 0 fully saturated rings. The van der Waals surface area contributed by atoms with E-state index in [4.69, 9.17) is 25.8 Å². The zero-order valence-corrected chi connectivity index (χ0v) is 18.3. The predicted octanol–water partition coefficient (Wildman–Crippen LogP) is 3.64. The van der Waals surface area contributed by atoms with Gasteiger partial charge >= 0.3 is 5.97 Å². The van der Waals surface area contributed by atoms with Crippen molar-refractivity contribution in [1.29, 1.82) is 0 Å². The van der Waals surface area contributed by atoms with Gasteiger partial charge in [-0.3, -0.25) is 4.79 Å². The van der Waals surface area contributed by atoms with Crippen molar-refractivity contribution in [1.82, 2.24) is 9.78 Å². The van der Waals surface area contributed by atoms with Crippen LogP contribution in [0.2, 0.25) is 5.02 Å². The minimum absolute atomic E-state index is 0.186. The maximum absolute atomic E-state index is 12.5. The molecular weight excluding hydrogens is 420 g/mol. The molecule has 0 spiro atoms. The lowest BCUT2D eigenvalue weighted by molar-refractivity contribution is -0.156. The molecule has 0 saturated heterocycles. The molecule has 0 saturated carbocycles. The summed E-state index contributed by atoms with van der Waals surface area (Å²) in [4.78, 5) is 24.5. The smallest absolute Gasteiger partial charge is 0.335 e. The number of ether oxygens (including phenoxy) is 3. The molecule has 0 bridgehead atoms. The first-order valence-electron chi connectivity index (χ1n) is 10.2. The average molecular weight is 445 g/mol. The van der Waals surface area contributed by atoms with Crippen LogP contribution in [0, 0.1) is 0 Å². The largest absolute Gasteiger partial charge is 0.492 e. The number of hydrogen-bond donors (Lipinski definition) is 0. The van der Waals surface area contributed by atoms with Gasteiger partial charge in [0.2, 0.25) is 0 Å². The molecule has 2 aromatic carbocycles. The molecule has 1 atom stereocenters. The van der Waals surface area contributed by atoms with Gasteiger partial charge in [-0.05, 0) is 49.7 Å². The maximum atomic E-state index is 12.5. The summed E-state index contributed by atoms with van der Waals surface area (Å²) >= 11 is 5.96. The van der Waals surface area contributed by atoms with Gasteiger partial charge in [-0.15, -0.1) is 0 Å². The monoisotopic (exact) mass is 444 g/mol. The Labute approximate surface area is 185 Å². The fraction of sp³-hybridized carbons (Fsp3) is 0.348. The second-order valence-corrected chi connectivity index (χ2v) is 7.23. The Morgan fingerprint density at radius 3 is 2.61 bits per heavy atom. The van der Waals surface area contributed by atoms with Gasteiger partial charge in [0, 0.05) is 23.4 Å². The van der Waals surface area contributed by atoms with Crippen molar-refractivity contribution in [3.05, 3.63) is 69.6 Å². The van der Waals surface area contributed by atoms with E-state index < -0.39 is 6.10 Å². The lowest BCUT2D eigenvalue weighted by Gasteiger charge is -2.16. The Morgan fingerprint density at radius 2 is 1.90 bits per heavy atom. The SMILES string of the molecule is CCOC(=O)C(Cc1ccc(OCCn2ncc3cc(Cl)ccc3c2=O)cc1)OCC. The number of esters is 1.